The van der Waals surface area contributed by atoms with Crippen molar-refractivity contribution in [1.29, 1.82) is 0 Å². The Hall–Kier alpha value is -1.42. The monoisotopic (exact) mass is 344 g/mol. The number of carboxylic acids is 1. The van der Waals surface area contributed by atoms with E-state index in [0.29, 0.717) is 20.8 Å². The Morgan fingerprint density at radius 1 is 1.05 bits per heavy atom. The molecule has 0 aliphatic carbocycles. The molecule has 2 rings (SSSR count). The van der Waals surface area contributed by atoms with Crippen LogP contribution in [0.5, 0.6) is 5.75 Å². The third-order valence-electron chi connectivity index (χ3n) is 2.70. The van der Waals surface area contributed by atoms with Crippen LogP contribution in [0, 0.1) is 0 Å². The number of hydrogen-bond donors (Lipinski definition) is 1. The van der Waals surface area contributed by atoms with Crippen molar-refractivity contribution in [3.63, 3.8) is 0 Å². The number of carboxylic acid groups (broad SMARTS) is 1. The van der Waals surface area contributed by atoms with Gasteiger partial charge < -0.3 is 9.84 Å². The van der Waals surface area contributed by atoms with Crippen LogP contribution in [-0.2, 0) is 11.2 Å². The van der Waals surface area contributed by atoms with Crippen LogP contribution in [0.25, 0.3) is 0 Å². The molecule has 6 heteroatoms. The lowest BCUT2D eigenvalue weighted by molar-refractivity contribution is -0.145. The number of benzene rings is 2. The Bertz CT molecular complexity index is 638. The van der Waals surface area contributed by atoms with E-state index in [0.717, 1.165) is 5.56 Å². The van der Waals surface area contributed by atoms with Gasteiger partial charge in [0.05, 0.1) is 0 Å². The van der Waals surface area contributed by atoms with Gasteiger partial charge in [0.25, 0.3) is 0 Å². The van der Waals surface area contributed by atoms with Gasteiger partial charge in [-0.3, -0.25) is 0 Å². The smallest absolute Gasteiger partial charge is 0.345 e. The van der Waals surface area contributed by atoms with E-state index in [-0.39, 0.29) is 6.42 Å². The molecule has 110 valence electrons. The fourth-order valence-corrected chi connectivity index (χ4v) is 2.54. The van der Waals surface area contributed by atoms with E-state index in [1.807, 2.05) is 0 Å². The average molecular weight is 346 g/mol. The molecule has 3 nitrogen and oxygen atoms in total. The predicted molar refractivity (Wildman–Crippen MR) is 83.7 cm³/mol. The first-order valence-corrected chi connectivity index (χ1v) is 7.17. The van der Waals surface area contributed by atoms with Gasteiger partial charge >= 0.3 is 5.97 Å². The minimum absolute atomic E-state index is 0.181. The van der Waals surface area contributed by atoms with Crippen LogP contribution in [0.15, 0.2) is 42.5 Å². The van der Waals surface area contributed by atoms with Gasteiger partial charge in [-0.05, 0) is 35.9 Å². The van der Waals surface area contributed by atoms with Gasteiger partial charge in [0.1, 0.15) is 5.75 Å². The molecule has 1 unspecified atom stereocenters. The minimum Gasteiger partial charge on any atom is -0.478 e. The highest BCUT2D eigenvalue weighted by Crippen LogP contribution is 2.25. The Morgan fingerprint density at radius 2 is 1.71 bits per heavy atom. The van der Waals surface area contributed by atoms with Crippen LogP contribution in [0.1, 0.15) is 5.56 Å². The van der Waals surface area contributed by atoms with Crippen LogP contribution in [0.3, 0.4) is 0 Å². The van der Waals surface area contributed by atoms with E-state index in [9.17, 15) is 9.90 Å². The summed E-state index contributed by atoms with van der Waals surface area (Å²) in [5.41, 5.74) is 0.767. The van der Waals surface area contributed by atoms with Crippen LogP contribution in [-0.4, -0.2) is 17.2 Å². The van der Waals surface area contributed by atoms with Crippen LogP contribution in [0.4, 0.5) is 0 Å². The second-order valence-electron chi connectivity index (χ2n) is 4.38. The number of aliphatic carboxylic acids is 1. The average Bonchev–Trinajstić information content (AvgIpc) is 2.36. The van der Waals surface area contributed by atoms with E-state index in [2.05, 4.69) is 0 Å². The Labute approximate surface area is 137 Å². The molecule has 0 aromatic heterocycles. The summed E-state index contributed by atoms with van der Waals surface area (Å²) >= 11 is 17.6. The molecule has 0 bridgehead atoms. The highest BCUT2D eigenvalue weighted by atomic mass is 35.5. The van der Waals surface area contributed by atoms with Crippen molar-refractivity contribution in [2.24, 2.45) is 0 Å². The number of halogens is 3. The molecule has 0 aliphatic heterocycles. The zero-order valence-electron chi connectivity index (χ0n) is 10.7. The topological polar surface area (TPSA) is 46.5 Å². The predicted octanol–water partition coefficient (Wildman–Crippen LogP) is 4.72. The lowest BCUT2D eigenvalue weighted by Gasteiger charge is -2.16. The fourth-order valence-electron chi connectivity index (χ4n) is 1.82. The van der Waals surface area contributed by atoms with Gasteiger partial charge in [-0.2, -0.15) is 0 Å². The largest absolute Gasteiger partial charge is 0.478 e. The first kappa shape index (κ1) is 16.0. The van der Waals surface area contributed by atoms with Gasteiger partial charge in [0.2, 0.25) is 0 Å². The minimum atomic E-state index is -1.08. The zero-order valence-corrected chi connectivity index (χ0v) is 13.0. The highest BCUT2D eigenvalue weighted by molar-refractivity contribution is 6.34. The van der Waals surface area contributed by atoms with Gasteiger partial charge in [-0.1, -0.05) is 46.9 Å². The first-order chi connectivity index (χ1) is 9.94. The van der Waals surface area contributed by atoms with Gasteiger partial charge in [-0.25, -0.2) is 4.79 Å². The third kappa shape index (κ3) is 4.81. The summed E-state index contributed by atoms with van der Waals surface area (Å²) in [5.74, 6) is -0.770. The Morgan fingerprint density at radius 3 is 2.29 bits per heavy atom. The van der Waals surface area contributed by atoms with E-state index in [1.165, 1.54) is 12.1 Å². The lowest BCUT2D eigenvalue weighted by atomic mass is 10.1. The molecule has 2 aromatic rings. The van der Waals surface area contributed by atoms with Crippen molar-refractivity contribution in [2.75, 3.05) is 0 Å². The van der Waals surface area contributed by atoms with Crippen LogP contribution in [0.2, 0.25) is 15.1 Å². The van der Waals surface area contributed by atoms with E-state index < -0.39 is 12.1 Å². The van der Waals surface area contributed by atoms with Crippen molar-refractivity contribution in [2.45, 2.75) is 12.5 Å². The molecule has 0 amide bonds. The molecule has 2 aromatic carbocycles. The van der Waals surface area contributed by atoms with Gasteiger partial charge in [0, 0.05) is 21.5 Å². The SMILES string of the molecule is O=C(O)C(Cc1cccc(Cl)c1)Oc1cc(Cl)cc(Cl)c1. The summed E-state index contributed by atoms with van der Waals surface area (Å²) < 4.78 is 5.47. The first-order valence-electron chi connectivity index (χ1n) is 6.04. The number of rotatable bonds is 5. The van der Waals surface area contributed by atoms with Gasteiger partial charge in [-0.15, -0.1) is 0 Å². The second kappa shape index (κ2) is 7.03. The van der Waals surface area contributed by atoms with Crippen molar-refractivity contribution < 1.29 is 14.6 Å². The fraction of sp³-hybridized carbons (Fsp3) is 0.133. The molecule has 0 heterocycles. The molecule has 0 saturated carbocycles. The standard InChI is InChI=1S/C15H11Cl3O3/c16-10-3-1-2-9(4-10)5-14(15(19)20)21-13-7-11(17)6-12(18)8-13/h1-4,6-8,14H,5H2,(H,19,20). The van der Waals surface area contributed by atoms with Crippen LogP contribution >= 0.6 is 34.8 Å². The maximum atomic E-state index is 11.3. The van der Waals surface area contributed by atoms with Crippen molar-refractivity contribution in [3.05, 3.63) is 63.1 Å². The molecule has 1 N–H and O–H groups in total. The lowest BCUT2D eigenvalue weighted by Crippen LogP contribution is -2.29. The molecule has 0 saturated heterocycles. The number of ether oxygens (including phenoxy) is 1. The molecular formula is C15H11Cl3O3. The summed E-state index contributed by atoms with van der Waals surface area (Å²) in [6, 6.07) is 11.5. The summed E-state index contributed by atoms with van der Waals surface area (Å²) in [6.07, 6.45) is -0.877. The molecule has 21 heavy (non-hydrogen) atoms. The number of hydrogen-bond acceptors (Lipinski definition) is 2. The summed E-state index contributed by atoms with van der Waals surface area (Å²) in [4.78, 5) is 11.3. The molecule has 1 atom stereocenters. The molecule has 0 aliphatic rings. The molecular weight excluding hydrogens is 335 g/mol. The molecule has 0 radical (unpaired) electrons. The Kier molecular flexibility index (Phi) is 5.34. The van der Waals surface area contributed by atoms with Gasteiger partial charge in [0.15, 0.2) is 6.10 Å². The van der Waals surface area contributed by atoms with E-state index >= 15 is 0 Å². The quantitative estimate of drug-likeness (QED) is 0.852. The normalized spacial score (nSPS) is 12.0. The second-order valence-corrected chi connectivity index (χ2v) is 5.69. The molecule has 0 fully saturated rings. The maximum Gasteiger partial charge on any atom is 0.345 e. The van der Waals surface area contributed by atoms with Crippen LogP contribution < -0.4 is 4.74 Å². The number of carbonyl (C=O) groups is 1. The zero-order chi connectivity index (χ0) is 15.4. The summed E-state index contributed by atoms with van der Waals surface area (Å²) in [7, 11) is 0. The molecule has 0 spiro atoms. The Balaban J connectivity index is 2.17. The van der Waals surface area contributed by atoms with Crippen molar-refractivity contribution in [3.8, 4) is 5.75 Å². The third-order valence-corrected chi connectivity index (χ3v) is 3.37. The summed E-state index contributed by atoms with van der Waals surface area (Å²) in [5, 5.41) is 10.6. The van der Waals surface area contributed by atoms with E-state index in [1.54, 1.807) is 30.3 Å². The van der Waals surface area contributed by atoms with Crippen molar-refractivity contribution in [1.82, 2.24) is 0 Å². The maximum absolute atomic E-state index is 11.3. The van der Waals surface area contributed by atoms with E-state index in [4.69, 9.17) is 39.5 Å². The highest BCUT2D eigenvalue weighted by Gasteiger charge is 2.20. The summed E-state index contributed by atoms with van der Waals surface area (Å²) in [6.45, 7) is 0. The van der Waals surface area contributed by atoms with Crippen molar-refractivity contribution >= 4 is 40.8 Å².